The molecule has 5 nitrogen and oxygen atoms in total. The molecule has 0 unspecified atom stereocenters. The first-order chi connectivity index (χ1) is 10.1. The van der Waals surface area contributed by atoms with Crippen LogP contribution in [0.1, 0.15) is 38.1 Å². The van der Waals surface area contributed by atoms with Gasteiger partial charge in [0, 0.05) is 6.54 Å². The van der Waals surface area contributed by atoms with Crippen molar-refractivity contribution < 1.29 is 9.26 Å². The van der Waals surface area contributed by atoms with Crippen molar-refractivity contribution in [2.24, 2.45) is 5.73 Å². The highest BCUT2D eigenvalue weighted by atomic mass is 16.5. The van der Waals surface area contributed by atoms with Crippen LogP contribution in [0.15, 0.2) is 22.7 Å². The van der Waals surface area contributed by atoms with Crippen LogP contribution < -0.4 is 10.5 Å². The second-order valence-corrected chi connectivity index (χ2v) is 5.32. The van der Waals surface area contributed by atoms with E-state index in [1.165, 1.54) is 0 Å². The van der Waals surface area contributed by atoms with Gasteiger partial charge in [-0.25, -0.2) is 0 Å². The number of methoxy groups -OCH3 is 1. The molecule has 21 heavy (non-hydrogen) atoms. The predicted molar refractivity (Wildman–Crippen MR) is 82.3 cm³/mol. The van der Waals surface area contributed by atoms with Gasteiger partial charge >= 0.3 is 0 Å². The second-order valence-electron chi connectivity index (χ2n) is 5.32. The fourth-order valence-corrected chi connectivity index (χ4v) is 2.46. The van der Waals surface area contributed by atoms with Gasteiger partial charge in [0.15, 0.2) is 0 Å². The van der Waals surface area contributed by atoms with Gasteiger partial charge in [0.05, 0.1) is 18.1 Å². The second kappa shape index (κ2) is 6.26. The van der Waals surface area contributed by atoms with E-state index >= 15 is 0 Å². The maximum absolute atomic E-state index is 5.93. The van der Waals surface area contributed by atoms with Crippen LogP contribution in [-0.4, -0.2) is 23.8 Å². The number of nitrogens with two attached hydrogens (primary N) is 1. The predicted octanol–water partition coefficient (Wildman–Crippen LogP) is 3.07. The molecular formula is C16H23N3O2. The molecule has 0 radical (unpaired) electrons. The van der Waals surface area contributed by atoms with Crippen molar-refractivity contribution in [1.29, 1.82) is 0 Å². The molecule has 0 bridgehead atoms. The Labute approximate surface area is 125 Å². The molecule has 2 rings (SSSR count). The maximum atomic E-state index is 5.93. The first-order valence-electron chi connectivity index (χ1n) is 7.29. The lowest BCUT2D eigenvalue weighted by Gasteiger charge is -2.24. The highest BCUT2D eigenvalue weighted by Crippen LogP contribution is 2.33. The van der Waals surface area contributed by atoms with Gasteiger partial charge in [-0.05, 0) is 37.5 Å². The van der Waals surface area contributed by atoms with E-state index < -0.39 is 0 Å². The molecule has 1 heterocycles. The fraction of sp³-hybridized carbons (Fsp3) is 0.500. The average Bonchev–Trinajstić information content (AvgIpc) is 2.99. The summed E-state index contributed by atoms with van der Waals surface area (Å²) >= 11 is 0. The molecule has 114 valence electrons. The van der Waals surface area contributed by atoms with Crippen molar-refractivity contribution >= 4 is 0 Å². The Morgan fingerprint density at radius 1 is 1.29 bits per heavy atom. The number of rotatable bonds is 6. The van der Waals surface area contributed by atoms with Crippen LogP contribution in [0.3, 0.4) is 0 Å². The molecule has 1 aromatic heterocycles. The molecule has 0 aliphatic heterocycles. The topological polar surface area (TPSA) is 74.2 Å². The minimum absolute atomic E-state index is 0.247. The van der Waals surface area contributed by atoms with Gasteiger partial charge in [-0.2, -0.15) is 4.98 Å². The number of benzene rings is 1. The van der Waals surface area contributed by atoms with Crippen molar-refractivity contribution in [2.75, 3.05) is 13.7 Å². The Balaban J connectivity index is 2.45. The van der Waals surface area contributed by atoms with Gasteiger partial charge in [0.2, 0.25) is 11.7 Å². The van der Waals surface area contributed by atoms with Crippen LogP contribution in [0.2, 0.25) is 0 Å². The summed E-state index contributed by atoms with van der Waals surface area (Å²) in [5.74, 6) is 1.89. The number of aryl methyl sites for hydroxylation is 1. The largest absolute Gasteiger partial charge is 0.496 e. The van der Waals surface area contributed by atoms with Crippen LogP contribution >= 0.6 is 0 Å². The summed E-state index contributed by atoms with van der Waals surface area (Å²) in [6.45, 7) is 6.69. The van der Waals surface area contributed by atoms with Crippen LogP contribution in [-0.2, 0) is 5.41 Å². The summed E-state index contributed by atoms with van der Waals surface area (Å²) in [6.07, 6.45) is 1.74. The highest BCUT2D eigenvalue weighted by molar-refractivity contribution is 5.64. The van der Waals surface area contributed by atoms with Gasteiger partial charge < -0.3 is 15.0 Å². The van der Waals surface area contributed by atoms with Gasteiger partial charge in [0.1, 0.15) is 5.75 Å². The SMILES string of the molecule is CCC(CC)(CN)c1nc(-c2ccc(C)cc2OC)no1. The summed E-state index contributed by atoms with van der Waals surface area (Å²) in [4.78, 5) is 4.57. The molecule has 2 aromatic rings. The standard InChI is InChI=1S/C16H23N3O2/c1-5-16(6-2,10-17)15-18-14(19-21-15)12-8-7-11(3)9-13(12)20-4/h7-9H,5-6,10,17H2,1-4H3. The van der Waals surface area contributed by atoms with Crippen LogP contribution in [0.4, 0.5) is 0 Å². The number of nitrogens with zero attached hydrogens (tertiary/aromatic N) is 2. The van der Waals surface area contributed by atoms with Gasteiger partial charge in [-0.15, -0.1) is 0 Å². The van der Waals surface area contributed by atoms with Crippen molar-refractivity contribution in [1.82, 2.24) is 10.1 Å². The molecule has 0 saturated carbocycles. The molecule has 0 amide bonds. The Bertz CT molecular complexity index is 595. The zero-order valence-corrected chi connectivity index (χ0v) is 13.1. The Kier molecular flexibility index (Phi) is 4.63. The molecular weight excluding hydrogens is 266 g/mol. The van der Waals surface area contributed by atoms with E-state index in [1.807, 2.05) is 25.1 Å². The quantitative estimate of drug-likeness (QED) is 0.884. The Hall–Kier alpha value is -1.88. The molecule has 0 spiro atoms. The third-order valence-electron chi connectivity index (χ3n) is 4.22. The molecule has 0 aliphatic rings. The average molecular weight is 289 g/mol. The summed E-state index contributed by atoms with van der Waals surface area (Å²) in [5.41, 5.74) is 7.64. The summed E-state index contributed by atoms with van der Waals surface area (Å²) in [6, 6.07) is 5.91. The van der Waals surface area contributed by atoms with Crippen LogP contribution in [0.5, 0.6) is 5.75 Å². The zero-order valence-electron chi connectivity index (χ0n) is 13.1. The minimum Gasteiger partial charge on any atom is -0.496 e. The Morgan fingerprint density at radius 3 is 2.57 bits per heavy atom. The van der Waals surface area contributed by atoms with Gasteiger partial charge in [-0.1, -0.05) is 25.1 Å². The molecule has 0 saturated heterocycles. The number of ether oxygens (including phenoxy) is 1. The van der Waals surface area contributed by atoms with E-state index in [0.29, 0.717) is 18.3 Å². The normalized spacial score (nSPS) is 11.7. The fourth-order valence-electron chi connectivity index (χ4n) is 2.46. The first-order valence-corrected chi connectivity index (χ1v) is 7.29. The van der Waals surface area contributed by atoms with E-state index in [9.17, 15) is 0 Å². The summed E-state index contributed by atoms with van der Waals surface area (Å²) in [5, 5.41) is 4.11. The van der Waals surface area contributed by atoms with Gasteiger partial charge in [-0.3, -0.25) is 0 Å². The van der Waals surface area contributed by atoms with Crippen LogP contribution in [0.25, 0.3) is 11.4 Å². The van der Waals surface area contributed by atoms with E-state index in [1.54, 1.807) is 7.11 Å². The highest BCUT2D eigenvalue weighted by Gasteiger charge is 2.33. The lowest BCUT2D eigenvalue weighted by atomic mass is 9.82. The van der Waals surface area contributed by atoms with Crippen molar-refractivity contribution in [3.63, 3.8) is 0 Å². The third-order valence-corrected chi connectivity index (χ3v) is 4.22. The van der Waals surface area contributed by atoms with E-state index in [0.717, 1.165) is 29.7 Å². The molecule has 1 aromatic carbocycles. The molecule has 0 aliphatic carbocycles. The summed E-state index contributed by atoms with van der Waals surface area (Å²) < 4.78 is 10.9. The van der Waals surface area contributed by atoms with Gasteiger partial charge in [0.25, 0.3) is 0 Å². The zero-order chi connectivity index (χ0) is 15.5. The van der Waals surface area contributed by atoms with Crippen molar-refractivity contribution in [2.45, 2.75) is 39.0 Å². The third kappa shape index (κ3) is 2.78. The lowest BCUT2D eigenvalue weighted by molar-refractivity contribution is 0.267. The van der Waals surface area contributed by atoms with Crippen LogP contribution in [0, 0.1) is 6.92 Å². The minimum atomic E-state index is -0.247. The van der Waals surface area contributed by atoms with Crippen molar-refractivity contribution in [3.05, 3.63) is 29.7 Å². The number of hydrogen-bond donors (Lipinski definition) is 1. The molecule has 0 fully saturated rings. The lowest BCUT2D eigenvalue weighted by Crippen LogP contribution is -2.34. The summed E-state index contributed by atoms with van der Waals surface area (Å²) in [7, 11) is 1.64. The number of aromatic nitrogens is 2. The van der Waals surface area contributed by atoms with E-state index in [4.69, 9.17) is 15.0 Å². The molecule has 2 N–H and O–H groups in total. The smallest absolute Gasteiger partial charge is 0.234 e. The van der Waals surface area contributed by atoms with E-state index in [2.05, 4.69) is 24.0 Å². The first kappa shape index (κ1) is 15.5. The number of hydrogen-bond acceptors (Lipinski definition) is 5. The van der Waals surface area contributed by atoms with E-state index in [-0.39, 0.29) is 5.41 Å². The monoisotopic (exact) mass is 289 g/mol. The van der Waals surface area contributed by atoms with Crippen molar-refractivity contribution in [3.8, 4) is 17.1 Å². The Morgan fingerprint density at radius 2 is 2.00 bits per heavy atom. The molecule has 0 atom stereocenters. The maximum Gasteiger partial charge on any atom is 0.234 e. The molecule has 5 heteroatoms.